The van der Waals surface area contributed by atoms with E-state index in [1.165, 1.54) is 42.4 Å². The quantitative estimate of drug-likeness (QED) is 0.678. The largest absolute Gasteiger partial charge is 0.480 e. The van der Waals surface area contributed by atoms with Crippen LogP contribution < -0.4 is 11.1 Å². The second-order valence-electron chi connectivity index (χ2n) is 5.22. The first-order valence-corrected chi connectivity index (χ1v) is 6.96. The predicted molar refractivity (Wildman–Crippen MR) is 75.0 cm³/mol. The number of hydrogen-bond donors (Lipinski definition) is 3. The Balaban J connectivity index is 1.78. The third-order valence-corrected chi connectivity index (χ3v) is 3.69. The minimum absolute atomic E-state index is 0.459. The molecule has 0 aliphatic heterocycles. The molecule has 19 heavy (non-hydrogen) atoms. The van der Waals surface area contributed by atoms with Crippen LogP contribution in [0.2, 0.25) is 0 Å². The summed E-state index contributed by atoms with van der Waals surface area (Å²) in [5.41, 5.74) is 9.68. The lowest BCUT2D eigenvalue weighted by molar-refractivity contribution is -0.138. The van der Waals surface area contributed by atoms with Gasteiger partial charge in [-0.25, -0.2) is 0 Å². The Morgan fingerprint density at radius 1 is 1.32 bits per heavy atom. The van der Waals surface area contributed by atoms with Crippen molar-refractivity contribution < 1.29 is 9.90 Å². The fourth-order valence-electron chi connectivity index (χ4n) is 2.51. The van der Waals surface area contributed by atoms with Crippen LogP contribution in [0, 0.1) is 0 Å². The van der Waals surface area contributed by atoms with Crippen molar-refractivity contribution in [1.29, 1.82) is 0 Å². The summed E-state index contributed by atoms with van der Waals surface area (Å²) in [6.07, 6.45) is 5.44. The van der Waals surface area contributed by atoms with Gasteiger partial charge in [-0.15, -0.1) is 0 Å². The van der Waals surface area contributed by atoms with E-state index in [0.29, 0.717) is 13.0 Å². The normalized spacial score (nSPS) is 15.8. The van der Waals surface area contributed by atoms with Gasteiger partial charge in [-0.05, 0) is 55.3 Å². The summed E-state index contributed by atoms with van der Waals surface area (Å²) >= 11 is 0. The second kappa shape index (κ2) is 6.68. The molecule has 4 nitrogen and oxygen atoms in total. The van der Waals surface area contributed by atoms with Crippen molar-refractivity contribution in [2.75, 3.05) is 6.54 Å². The second-order valence-corrected chi connectivity index (χ2v) is 5.22. The average molecular weight is 262 g/mol. The molecule has 4 heteroatoms. The number of nitrogens with one attached hydrogen (secondary N) is 1. The third-order valence-electron chi connectivity index (χ3n) is 3.69. The van der Waals surface area contributed by atoms with E-state index in [4.69, 9.17) is 10.8 Å². The number of nitrogens with two attached hydrogens (primary N) is 1. The van der Waals surface area contributed by atoms with Gasteiger partial charge < -0.3 is 16.2 Å². The monoisotopic (exact) mass is 262 g/mol. The predicted octanol–water partition coefficient (Wildman–Crippen LogP) is 1.46. The highest BCUT2D eigenvalue weighted by atomic mass is 16.4. The lowest BCUT2D eigenvalue weighted by atomic mass is 9.90. The minimum atomic E-state index is -0.935. The van der Waals surface area contributed by atoms with Crippen LogP contribution in [-0.2, 0) is 24.2 Å². The Hall–Kier alpha value is -1.39. The Morgan fingerprint density at radius 3 is 2.79 bits per heavy atom. The molecule has 1 aromatic carbocycles. The zero-order valence-corrected chi connectivity index (χ0v) is 11.2. The van der Waals surface area contributed by atoms with Crippen LogP contribution >= 0.6 is 0 Å². The molecule has 1 unspecified atom stereocenters. The summed E-state index contributed by atoms with van der Waals surface area (Å²) in [7, 11) is 0. The summed E-state index contributed by atoms with van der Waals surface area (Å²) in [6, 6.07) is 5.90. The van der Waals surface area contributed by atoms with Crippen molar-refractivity contribution in [3.63, 3.8) is 0 Å². The SMILES string of the molecule is NC(CCNCc1ccc2c(c1)CCCC2)C(=O)O. The van der Waals surface area contributed by atoms with Gasteiger partial charge in [-0.3, -0.25) is 4.79 Å². The molecule has 0 bridgehead atoms. The van der Waals surface area contributed by atoms with Crippen LogP contribution in [0.3, 0.4) is 0 Å². The number of rotatable bonds is 6. The van der Waals surface area contributed by atoms with Gasteiger partial charge in [-0.1, -0.05) is 18.2 Å². The maximum absolute atomic E-state index is 10.6. The highest BCUT2D eigenvalue weighted by Gasteiger charge is 2.11. The molecule has 0 radical (unpaired) electrons. The van der Waals surface area contributed by atoms with Crippen molar-refractivity contribution in [3.8, 4) is 0 Å². The summed E-state index contributed by atoms with van der Waals surface area (Å²) in [4.78, 5) is 10.6. The molecule has 104 valence electrons. The Labute approximate surface area is 114 Å². The smallest absolute Gasteiger partial charge is 0.320 e. The minimum Gasteiger partial charge on any atom is -0.480 e. The number of carboxylic acid groups (broad SMARTS) is 1. The number of hydrogen-bond acceptors (Lipinski definition) is 3. The van der Waals surface area contributed by atoms with Crippen LogP contribution in [0.25, 0.3) is 0 Å². The number of benzene rings is 1. The van der Waals surface area contributed by atoms with Crippen molar-refractivity contribution in [2.24, 2.45) is 5.73 Å². The van der Waals surface area contributed by atoms with Gasteiger partial charge in [0.1, 0.15) is 6.04 Å². The zero-order chi connectivity index (χ0) is 13.7. The summed E-state index contributed by atoms with van der Waals surface area (Å²) < 4.78 is 0. The van der Waals surface area contributed by atoms with Gasteiger partial charge in [0.15, 0.2) is 0 Å². The van der Waals surface area contributed by atoms with Crippen LogP contribution in [0.15, 0.2) is 18.2 Å². The topological polar surface area (TPSA) is 75.3 Å². The van der Waals surface area contributed by atoms with Crippen LogP contribution in [0.5, 0.6) is 0 Å². The third kappa shape index (κ3) is 4.04. The van der Waals surface area contributed by atoms with Gasteiger partial charge in [0, 0.05) is 6.54 Å². The Kier molecular flexibility index (Phi) is 4.93. The molecule has 0 amide bonds. The number of aryl methyl sites for hydroxylation is 2. The van der Waals surface area contributed by atoms with Crippen LogP contribution in [-0.4, -0.2) is 23.7 Å². The molecule has 0 fully saturated rings. The maximum atomic E-state index is 10.6. The van der Waals surface area contributed by atoms with E-state index < -0.39 is 12.0 Å². The Morgan fingerprint density at radius 2 is 2.05 bits per heavy atom. The first-order valence-electron chi connectivity index (χ1n) is 6.96. The van der Waals surface area contributed by atoms with Crippen molar-refractivity contribution in [3.05, 3.63) is 34.9 Å². The molecule has 0 spiro atoms. The molecule has 0 saturated heterocycles. The number of aliphatic carboxylic acids is 1. The molecule has 1 atom stereocenters. The van der Waals surface area contributed by atoms with E-state index in [9.17, 15) is 4.79 Å². The van der Waals surface area contributed by atoms with Crippen molar-refractivity contribution in [2.45, 2.75) is 44.7 Å². The fraction of sp³-hybridized carbons (Fsp3) is 0.533. The van der Waals surface area contributed by atoms with Gasteiger partial charge in [0.25, 0.3) is 0 Å². The molecular formula is C15H22N2O2. The first-order chi connectivity index (χ1) is 9.16. The molecule has 0 saturated carbocycles. The highest BCUT2D eigenvalue weighted by Crippen LogP contribution is 2.22. The zero-order valence-electron chi connectivity index (χ0n) is 11.2. The average Bonchev–Trinajstić information content (AvgIpc) is 2.43. The van der Waals surface area contributed by atoms with Gasteiger partial charge in [0.2, 0.25) is 0 Å². The van der Waals surface area contributed by atoms with Crippen molar-refractivity contribution >= 4 is 5.97 Å². The summed E-state index contributed by atoms with van der Waals surface area (Å²) in [5, 5.41) is 11.9. The van der Waals surface area contributed by atoms with E-state index >= 15 is 0 Å². The summed E-state index contributed by atoms with van der Waals surface area (Å²) in [6.45, 7) is 1.41. The summed E-state index contributed by atoms with van der Waals surface area (Å²) in [5.74, 6) is -0.935. The standard InChI is InChI=1S/C15H22N2O2/c16-14(15(18)19)7-8-17-10-11-5-6-12-3-1-2-4-13(12)9-11/h5-6,9,14,17H,1-4,7-8,10,16H2,(H,18,19). The van der Waals surface area contributed by atoms with E-state index in [-0.39, 0.29) is 0 Å². The first kappa shape index (κ1) is 14.0. The molecule has 1 aliphatic rings. The molecule has 0 aromatic heterocycles. The van der Waals surface area contributed by atoms with E-state index in [1.807, 2.05) is 0 Å². The highest BCUT2D eigenvalue weighted by molar-refractivity contribution is 5.72. The number of fused-ring (bicyclic) bond motifs is 1. The molecule has 0 heterocycles. The number of carboxylic acids is 1. The van der Waals surface area contributed by atoms with Gasteiger partial charge >= 0.3 is 5.97 Å². The maximum Gasteiger partial charge on any atom is 0.320 e. The lowest BCUT2D eigenvalue weighted by Gasteiger charge is -2.17. The molecule has 4 N–H and O–H groups in total. The van der Waals surface area contributed by atoms with E-state index in [0.717, 1.165) is 6.54 Å². The molecule has 2 rings (SSSR count). The van der Waals surface area contributed by atoms with Gasteiger partial charge in [0.05, 0.1) is 0 Å². The van der Waals surface area contributed by atoms with E-state index in [1.54, 1.807) is 0 Å². The van der Waals surface area contributed by atoms with Gasteiger partial charge in [-0.2, -0.15) is 0 Å². The van der Waals surface area contributed by atoms with Crippen LogP contribution in [0.1, 0.15) is 36.0 Å². The molecule has 1 aliphatic carbocycles. The lowest BCUT2D eigenvalue weighted by Crippen LogP contribution is -2.33. The molecule has 1 aromatic rings. The van der Waals surface area contributed by atoms with Crippen LogP contribution in [0.4, 0.5) is 0 Å². The Bertz CT molecular complexity index is 446. The van der Waals surface area contributed by atoms with Crippen molar-refractivity contribution in [1.82, 2.24) is 5.32 Å². The van der Waals surface area contributed by atoms with E-state index in [2.05, 4.69) is 23.5 Å². The fourth-order valence-corrected chi connectivity index (χ4v) is 2.51. The number of carbonyl (C=O) groups is 1. The molecular weight excluding hydrogens is 240 g/mol.